The van der Waals surface area contributed by atoms with Gasteiger partial charge in [-0.05, 0) is 50.1 Å². The van der Waals surface area contributed by atoms with Crippen LogP contribution >= 0.6 is 11.8 Å². The van der Waals surface area contributed by atoms with Crippen LogP contribution in [0.2, 0.25) is 0 Å². The predicted octanol–water partition coefficient (Wildman–Crippen LogP) is 3.59. The third-order valence-corrected chi connectivity index (χ3v) is 5.59. The van der Waals surface area contributed by atoms with Gasteiger partial charge in [0.1, 0.15) is 0 Å². The molecule has 0 amide bonds. The van der Waals surface area contributed by atoms with E-state index in [1.54, 1.807) is 0 Å². The minimum Gasteiger partial charge on any atom is -0.384 e. The van der Waals surface area contributed by atoms with E-state index in [0.717, 1.165) is 6.54 Å². The number of benzene rings is 1. The summed E-state index contributed by atoms with van der Waals surface area (Å²) in [5.74, 6) is 0. The van der Waals surface area contributed by atoms with Crippen molar-refractivity contribution in [3.05, 3.63) is 24.3 Å². The fraction of sp³-hybridized carbons (Fsp3) is 0.600. The SMILES string of the molecule is CSC1(CNc2cccc(N3CCCC3)c2)CC1. The van der Waals surface area contributed by atoms with Crippen LogP contribution in [0.3, 0.4) is 0 Å². The highest BCUT2D eigenvalue weighted by atomic mass is 32.2. The van der Waals surface area contributed by atoms with Crippen LogP contribution < -0.4 is 10.2 Å². The van der Waals surface area contributed by atoms with Gasteiger partial charge in [-0.2, -0.15) is 11.8 Å². The van der Waals surface area contributed by atoms with Crippen LogP contribution in [0.4, 0.5) is 11.4 Å². The molecule has 2 fully saturated rings. The molecular weight excluding hydrogens is 240 g/mol. The molecule has 3 rings (SSSR count). The number of nitrogens with one attached hydrogen (secondary N) is 1. The van der Waals surface area contributed by atoms with Crippen LogP contribution in [0.1, 0.15) is 25.7 Å². The van der Waals surface area contributed by atoms with Crippen LogP contribution in [0.5, 0.6) is 0 Å². The molecule has 0 aromatic heterocycles. The maximum absolute atomic E-state index is 3.61. The van der Waals surface area contributed by atoms with E-state index in [1.165, 1.54) is 50.1 Å². The van der Waals surface area contributed by atoms with Gasteiger partial charge < -0.3 is 10.2 Å². The number of hydrogen-bond donors (Lipinski definition) is 1. The fourth-order valence-corrected chi connectivity index (χ4v) is 3.37. The summed E-state index contributed by atoms with van der Waals surface area (Å²) in [7, 11) is 0. The van der Waals surface area contributed by atoms with E-state index >= 15 is 0 Å². The molecular formula is C15H22N2S. The molecule has 0 spiro atoms. The second-order valence-corrected chi connectivity index (χ2v) is 6.76. The summed E-state index contributed by atoms with van der Waals surface area (Å²) >= 11 is 2.01. The van der Waals surface area contributed by atoms with E-state index in [9.17, 15) is 0 Å². The lowest BCUT2D eigenvalue weighted by molar-refractivity contribution is 0.945. The standard InChI is InChI=1S/C15H22N2S/c1-18-15(7-8-15)12-16-13-5-4-6-14(11-13)17-9-2-3-10-17/h4-6,11,16H,2-3,7-10,12H2,1H3. The van der Waals surface area contributed by atoms with Crippen molar-refractivity contribution in [3.8, 4) is 0 Å². The lowest BCUT2D eigenvalue weighted by Crippen LogP contribution is -2.19. The predicted molar refractivity (Wildman–Crippen MR) is 81.9 cm³/mol. The summed E-state index contributed by atoms with van der Waals surface area (Å²) < 4.78 is 0.531. The van der Waals surface area contributed by atoms with Crippen molar-refractivity contribution in [2.75, 3.05) is 36.1 Å². The summed E-state index contributed by atoms with van der Waals surface area (Å²) in [6.07, 6.45) is 7.65. The van der Waals surface area contributed by atoms with E-state index in [4.69, 9.17) is 0 Å². The van der Waals surface area contributed by atoms with Crippen molar-refractivity contribution < 1.29 is 0 Å². The molecule has 2 aliphatic rings. The largest absolute Gasteiger partial charge is 0.384 e. The van der Waals surface area contributed by atoms with Gasteiger partial charge in [-0.3, -0.25) is 0 Å². The smallest absolute Gasteiger partial charge is 0.0386 e. The highest BCUT2D eigenvalue weighted by Gasteiger charge is 2.41. The van der Waals surface area contributed by atoms with Gasteiger partial charge in [-0.15, -0.1) is 0 Å². The lowest BCUT2D eigenvalue weighted by atomic mass is 10.2. The molecule has 98 valence electrons. The van der Waals surface area contributed by atoms with Gasteiger partial charge in [0.05, 0.1) is 0 Å². The normalized spacial score (nSPS) is 21.1. The van der Waals surface area contributed by atoms with Gasteiger partial charge in [-0.1, -0.05) is 6.07 Å². The molecule has 1 saturated heterocycles. The van der Waals surface area contributed by atoms with Crippen LogP contribution in [0.15, 0.2) is 24.3 Å². The van der Waals surface area contributed by atoms with E-state index in [0.29, 0.717) is 4.75 Å². The van der Waals surface area contributed by atoms with Crippen molar-refractivity contribution >= 4 is 23.1 Å². The maximum atomic E-state index is 3.61. The van der Waals surface area contributed by atoms with Gasteiger partial charge >= 0.3 is 0 Å². The Kier molecular flexibility index (Phi) is 3.42. The first kappa shape index (κ1) is 12.2. The Bertz CT molecular complexity index is 409. The number of hydrogen-bond acceptors (Lipinski definition) is 3. The average molecular weight is 262 g/mol. The molecule has 1 heterocycles. The average Bonchev–Trinajstić information content (AvgIpc) is 2.99. The molecule has 0 radical (unpaired) electrons. The zero-order valence-electron chi connectivity index (χ0n) is 11.1. The van der Waals surface area contributed by atoms with Crippen LogP contribution in [0.25, 0.3) is 0 Å². The summed E-state index contributed by atoms with van der Waals surface area (Å²) in [4.78, 5) is 2.49. The molecule has 1 N–H and O–H groups in total. The minimum atomic E-state index is 0.531. The van der Waals surface area contributed by atoms with Crippen molar-refractivity contribution in [1.82, 2.24) is 0 Å². The first-order valence-corrected chi connectivity index (χ1v) is 8.18. The third-order valence-electron chi connectivity index (χ3n) is 4.17. The van der Waals surface area contributed by atoms with E-state index in [2.05, 4.69) is 40.7 Å². The second-order valence-electron chi connectivity index (χ2n) is 5.49. The zero-order valence-corrected chi connectivity index (χ0v) is 11.9. The maximum Gasteiger partial charge on any atom is 0.0386 e. The Morgan fingerprint density at radius 1 is 1.28 bits per heavy atom. The minimum absolute atomic E-state index is 0.531. The van der Waals surface area contributed by atoms with E-state index in [-0.39, 0.29) is 0 Å². The first-order chi connectivity index (χ1) is 8.81. The van der Waals surface area contributed by atoms with Gasteiger partial charge in [0, 0.05) is 35.8 Å². The number of anilines is 2. The topological polar surface area (TPSA) is 15.3 Å². The number of thioether (sulfide) groups is 1. The molecule has 1 aliphatic heterocycles. The second kappa shape index (κ2) is 5.04. The summed E-state index contributed by atoms with van der Waals surface area (Å²) in [5, 5.41) is 3.61. The summed E-state index contributed by atoms with van der Waals surface area (Å²) in [5.41, 5.74) is 2.66. The van der Waals surface area contributed by atoms with E-state index in [1.807, 2.05) is 11.8 Å². The molecule has 0 atom stereocenters. The Balaban J connectivity index is 1.63. The van der Waals surface area contributed by atoms with Crippen molar-refractivity contribution in [3.63, 3.8) is 0 Å². The summed E-state index contributed by atoms with van der Waals surface area (Å²) in [6.45, 7) is 3.55. The van der Waals surface area contributed by atoms with Gasteiger partial charge in [0.15, 0.2) is 0 Å². The Labute approximate surface area is 114 Å². The zero-order chi connectivity index (χ0) is 12.4. The molecule has 3 heteroatoms. The number of rotatable bonds is 5. The highest BCUT2D eigenvalue weighted by Crippen LogP contribution is 2.47. The first-order valence-electron chi connectivity index (χ1n) is 6.95. The Morgan fingerprint density at radius 2 is 2.06 bits per heavy atom. The lowest BCUT2D eigenvalue weighted by Gasteiger charge is -2.19. The monoisotopic (exact) mass is 262 g/mol. The summed E-state index contributed by atoms with van der Waals surface area (Å²) in [6, 6.07) is 8.91. The molecule has 0 unspecified atom stereocenters. The van der Waals surface area contributed by atoms with Crippen LogP contribution in [-0.2, 0) is 0 Å². The third kappa shape index (κ3) is 2.61. The van der Waals surface area contributed by atoms with Crippen molar-refractivity contribution in [2.45, 2.75) is 30.4 Å². The van der Waals surface area contributed by atoms with Gasteiger partial charge in [-0.25, -0.2) is 0 Å². The molecule has 18 heavy (non-hydrogen) atoms. The Hall–Kier alpha value is -0.830. The van der Waals surface area contributed by atoms with Crippen molar-refractivity contribution in [1.29, 1.82) is 0 Å². The van der Waals surface area contributed by atoms with Crippen molar-refractivity contribution in [2.24, 2.45) is 0 Å². The molecule has 1 saturated carbocycles. The van der Waals surface area contributed by atoms with Gasteiger partial charge in [0.2, 0.25) is 0 Å². The quantitative estimate of drug-likeness (QED) is 0.873. The fourth-order valence-electron chi connectivity index (χ4n) is 2.64. The van der Waals surface area contributed by atoms with Gasteiger partial charge in [0.25, 0.3) is 0 Å². The molecule has 2 nitrogen and oxygen atoms in total. The van der Waals surface area contributed by atoms with Crippen LogP contribution in [0, 0.1) is 0 Å². The molecule has 1 aromatic carbocycles. The molecule has 1 aromatic rings. The highest BCUT2D eigenvalue weighted by molar-refractivity contribution is 8.00. The van der Waals surface area contributed by atoms with Crippen LogP contribution in [-0.4, -0.2) is 30.6 Å². The molecule has 0 bridgehead atoms. The van der Waals surface area contributed by atoms with E-state index < -0.39 is 0 Å². The number of nitrogens with zero attached hydrogens (tertiary/aromatic N) is 1. The Morgan fingerprint density at radius 3 is 2.72 bits per heavy atom. The molecule has 1 aliphatic carbocycles.